The molecule has 8 heteroatoms. The van der Waals surface area contributed by atoms with Crippen LogP contribution >= 0.6 is 23.5 Å². The number of nitriles is 1. The van der Waals surface area contributed by atoms with E-state index in [9.17, 15) is 23.1 Å². The number of rotatable bonds is 2. The predicted octanol–water partition coefficient (Wildman–Crippen LogP) is 3.21. The molecule has 0 aromatic heterocycles. The third kappa shape index (κ3) is 2.74. The molecule has 4 nitrogen and oxygen atoms in total. The number of fused-ring (bicyclic) bond motifs is 1. The van der Waals surface area contributed by atoms with E-state index in [2.05, 4.69) is 15.9 Å². The van der Waals surface area contributed by atoms with Gasteiger partial charge in [0.1, 0.15) is 0 Å². The number of alkyl halides is 2. The first-order valence-corrected chi connectivity index (χ1v) is 7.66. The van der Waals surface area contributed by atoms with Gasteiger partial charge in [-0.15, -0.1) is 0 Å². The number of hydrogen-bond donors (Lipinski definition) is 2. The van der Waals surface area contributed by atoms with Gasteiger partial charge in [-0.1, -0.05) is 15.9 Å². The summed E-state index contributed by atoms with van der Waals surface area (Å²) in [5, 5.41) is 8.82. The van der Waals surface area contributed by atoms with Crippen molar-refractivity contribution in [3.05, 3.63) is 39.9 Å². The molecule has 104 valence electrons. The summed E-state index contributed by atoms with van der Waals surface area (Å²) in [6.07, 6.45) is -2.74. The molecule has 0 fully saturated rings. The highest BCUT2D eigenvalue weighted by Gasteiger charge is 2.23. The summed E-state index contributed by atoms with van der Waals surface area (Å²) in [7, 11) is -4.62. The summed E-state index contributed by atoms with van der Waals surface area (Å²) < 4.78 is 37.2. The van der Waals surface area contributed by atoms with E-state index in [1.807, 2.05) is 0 Å². The van der Waals surface area contributed by atoms with Crippen molar-refractivity contribution in [3.8, 4) is 6.07 Å². The molecule has 0 spiro atoms. The van der Waals surface area contributed by atoms with Crippen LogP contribution in [0.3, 0.4) is 0 Å². The number of nitrogens with zero attached hydrogens (tertiary/aromatic N) is 1. The van der Waals surface area contributed by atoms with Gasteiger partial charge in [-0.05, 0) is 35.0 Å². The van der Waals surface area contributed by atoms with Gasteiger partial charge < -0.3 is 9.79 Å². The van der Waals surface area contributed by atoms with E-state index in [0.717, 1.165) is 12.1 Å². The van der Waals surface area contributed by atoms with Crippen LogP contribution in [0.15, 0.2) is 28.7 Å². The minimum Gasteiger partial charge on any atom is -0.321 e. The molecule has 0 bridgehead atoms. The van der Waals surface area contributed by atoms with E-state index in [0.29, 0.717) is 0 Å². The molecule has 0 saturated carbocycles. The minimum absolute atomic E-state index is 0.00152. The Hall–Kier alpha value is -1.32. The molecular weight excluding hydrogens is 355 g/mol. The second kappa shape index (κ2) is 5.23. The molecule has 20 heavy (non-hydrogen) atoms. The van der Waals surface area contributed by atoms with Gasteiger partial charge in [-0.2, -0.15) is 5.26 Å². The first-order chi connectivity index (χ1) is 9.24. The van der Waals surface area contributed by atoms with Crippen molar-refractivity contribution in [3.63, 3.8) is 0 Å². The van der Waals surface area contributed by atoms with Gasteiger partial charge in [0.15, 0.2) is 0 Å². The molecule has 2 rings (SSSR count). The van der Waals surface area contributed by atoms with Crippen molar-refractivity contribution in [2.75, 3.05) is 0 Å². The molecule has 0 saturated heterocycles. The van der Waals surface area contributed by atoms with E-state index < -0.39 is 14.0 Å². The van der Waals surface area contributed by atoms with Gasteiger partial charge in [0.05, 0.1) is 16.9 Å². The highest BCUT2D eigenvalue weighted by Crippen LogP contribution is 2.39. The summed E-state index contributed by atoms with van der Waals surface area (Å²) in [5.74, 6) is 0. The average molecular weight is 362 g/mol. The molecule has 0 amide bonds. The van der Waals surface area contributed by atoms with Crippen molar-refractivity contribution >= 4 is 39.6 Å². The molecule has 0 atom stereocenters. The van der Waals surface area contributed by atoms with Crippen molar-refractivity contribution < 1.29 is 23.1 Å². The summed E-state index contributed by atoms with van der Waals surface area (Å²) >= 11 is 2.96. The normalized spacial score (nSPS) is 11.8. The van der Waals surface area contributed by atoms with Crippen molar-refractivity contribution in [2.45, 2.75) is 6.43 Å². The van der Waals surface area contributed by atoms with Crippen LogP contribution in [0, 0.1) is 11.3 Å². The molecule has 0 heterocycles. The van der Waals surface area contributed by atoms with E-state index in [1.54, 1.807) is 6.07 Å². The van der Waals surface area contributed by atoms with Crippen LogP contribution in [0.2, 0.25) is 0 Å². The average Bonchev–Trinajstić information content (AvgIpc) is 2.35. The second-order valence-corrected chi connectivity index (χ2v) is 6.47. The first-order valence-electron chi connectivity index (χ1n) is 5.25. The molecular formula is C12H7BrF2NO3P. The SMILES string of the molecule is N#Cc1cc(P(=O)(O)O)c2cc(Br)c(C(F)F)cc2c1. The number of halogens is 3. The zero-order valence-corrected chi connectivity index (χ0v) is 12.2. The van der Waals surface area contributed by atoms with Gasteiger partial charge >= 0.3 is 7.60 Å². The maximum atomic E-state index is 12.8. The summed E-state index contributed by atoms with van der Waals surface area (Å²) in [4.78, 5) is 18.6. The number of benzene rings is 2. The van der Waals surface area contributed by atoms with Crippen LogP contribution < -0.4 is 5.30 Å². The Labute approximate surface area is 120 Å². The lowest BCUT2D eigenvalue weighted by molar-refractivity contribution is 0.150. The van der Waals surface area contributed by atoms with Crippen LogP contribution in [0.1, 0.15) is 17.6 Å². The third-order valence-electron chi connectivity index (χ3n) is 2.73. The van der Waals surface area contributed by atoms with Crippen LogP contribution in [-0.2, 0) is 4.57 Å². The molecule has 0 aliphatic heterocycles. The standard InChI is InChI=1S/C12H7BrF2NO3P/c13-10-4-8-7(3-9(10)12(14)15)1-6(5-16)2-11(8)20(17,18)19/h1-4,12H,(H2,17,18,19). The molecule has 0 unspecified atom stereocenters. The molecule has 2 N–H and O–H groups in total. The maximum Gasteiger partial charge on any atom is 0.356 e. The maximum absolute atomic E-state index is 12.8. The van der Waals surface area contributed by atoms with Crippen LogP contribution in [0.5, 0.6) is 0 Å². The second-order valence-electron chi connectivity index (χ2n) is 4.05. The Bertz CT molecular complexity index is 782. The Balaban J connectivity index is 2.91. The topological polar surface area (TPSA) is 81.3 Å². The highest BCUT2D eigenvalue weighted by molar-refractivity contribution is 9.10. The van der Waals surface area contributed by atoms with Crippen molar-refractivity contribution in [1.82, 2.24) is 0 Å². The van der Waals surface area contributed by atoms with Gasteiger partial charge in [0.2, 0.25) is 0 Å². The fourth-order valence-corrected chi connectivity index (χ4v) is 3.19. The quantitative estimate of drug-likeness (QED) is 0.804. The lowest BCUT2D eigenvalue weighted by Crippen LogP contribution is -2.07. The Morgan fingerprint density at radius 2 is 1.90 bits per heavy atom. The summed E-state index contributed by atoms with van der Waals surface area (Å²) in [5.41, 5.74) is -0.303. The van der Waals surface area contributed by atoms with Crippen LogP contribution in [0.4, 0.5) is 8.78 Å². The zero-order chi connectivity index (χ0) is 15.1. The largest absolute Gasteiger partial charge is 0.356 e. The molecule has 0 radical (unpaired) electrons. The van der Waals surface area contributed by atoms with Crippen molar-refractivity contribution in [2.24, 2.45) is 0 Å². The molecule has 2 aromatic carbocycles. The van der Waals surface area contributed by atoms with E-state index >= 15 is 0 Å². The highest BCUT2D eigenvalue weighted by atomic mass is 79.9. The fourth-order valence-electron chi connectivity index (χ4n) is 1.86. The lowest BCUT2D eigenvalue weighted by Gasteiger charge is -2.12. The van der Waals surface area contributed by atoms with E-state index in [1.165, 1.54) is 12.1 Å². The van der Waals surface area contributed by atoms with Crippen LogP contribution in [-0.4, -0.2) is 9.79 Å². The molecule has 2 aromatic rings. The third-order valence-corrected chi connectivity index (χ3v) is 4.41. The van der Waals surface area contributed by atoms with Gasteiger partial charge in [-0.25, -0.2) is 8.78 Å². The Morgan fingerprint density at radius 3 is 2.40 bits per heavy atom. The van der Waals surface area contributed by atoms with Gasteiger partial charge in [0.25, 0.3) is 6.43 Å². The monoisotopic (exact) mass is 361 g/mol. The lowest BCUT2D eigenvalue weighted by atomic mass is 10.0. The van der Waals surface area contributed by atoms with Gasteiger partial charge in [0, 0.05) is 10.0 Å². The smallest absolute Gasteiger partial charge is 0.321 e. The Kier molecular flexibility index (Phi) is 3.94. The summed E-state index contributed by atoms with van der Waals surface area (Å²) in [6, 6.07) is 6.48. The first kappa shape index (κ1) is 15.1. The molecule has 0 aliphatic rings. The van der Waals surface area contributed by atoms with E-state index in [-0.39, 0.29) is 31.7 Å². The summed E-state index contributed by atoms with van der Waals surface area (Å²) in [6.45, 7) is 0. The molecule has 0 aliphatic carbocycles. The minimum atomic E-state index is -4.62. The van der Waals surface area contributed by atoms with Gasteiger partial charge in [-0.3, -0.25) is 4.57 Å². The Morgan fingerprint density at radius 1 is 1.25 bits per heavy atom. The van der Waals surface area contributed by atoms with Crippen LogP contribution in [0.25, 0.3) is 10.8 Å². The fraction of sp³-hybridized carbons (Fsp3) is 0.0833. The van der Waals surface area contributed by atoms with Crippen molar-refractivity contribution in [1.29, 1.82) is 5.26 Å². The zero-order valence-electron chi connectivity index (χ0n) is 9.72. The predicted molar refractivity (Wildman–Crippen MR) is 73.0 cm³/mol. The number of hydrogen-bond acceptors (Lipinski definition) is 2. The van der Waals surface area contributed by atoms with E-state index in [4.69, 9.17) is 5.26 Å².